The Morgan fingerprint density at radius 3 is 1.26 bits per heavy atom. The van der Waals surface area contributed by atoms with Gasteiger partial charge >= 0.3 is 12.2 Å². The van der Waals surface area contributed by atoms with Crippen LogP contribution >= 0.6 is 0 Å². The monoisotopic (exact) mass is 690 g/mol. The molecular formula is C36H42N4O10. The first-order valence-corrected chi connectivity index (χ1v) is 15.4. The van der Waals surface area contributed by atoms with E-state index in [0.29, 0.717) is 22.5 Å². The summed E-state index contributed by atoms with van der Waals surface area (Å²) in [5.41, 5.74) is 0.514. The average molecular weight is 691 g/mol. The van der Waals surface area contributed by atoms with Crippen LogP contribution in [0.5, 0.6) is 0 Å². The molecule has 2 aromatic rings. The zero-order chi connectivity index (χ0) is 37.8. The first-order chi connectivity index (χ1) is 23.1. The van der Waals surface area contributed by atoms with E-state index in [1.54, 1.807) is 90.1 Å². The van der Waals surface area contributed by atoms with Gasteiger partial charge in [-0.3, -0.25) is 39.4 Å². The number of anilines is 2. The van der Waals surface area contributed by atoms with Gasteiger partial charge in [0.05, 0.1) is 12.8 Å². The standard InChI is InChI=1S/C36H42N4O10/c1-35(2,3)49-33(47)37-25-15-11-13-23(19-25)21-39(7)31(45)29(43)27(41)17-9-10-18-28(42)30(44)32(46)40(8)22-24-14-12-16-26(20-24)38-34(48)50-36(4,5)6/h11-16,19-20H,17-18,21-22H2,1-8H3,(H,37,47)(H,38,48). The van der Waals surface area contributed by atoms with Gasteiger partial charge < -0.3 is 19.3 Å². The van der Waals surface area contributed by atoms with Gasteiger partial charge in [-0.2, -0.15) is 0 Å². The first-order valence-electron chi connectivity index (χ1n) is 15.4. The Kier molecular flexibility index (Phi) is 14.1. The Hall–Kier alpha value is -5.84. The normalized spacial score (nSPS) is 10.8. The maximum atomic E-state index is 12.6. The van der Waals surface area contributed by atoms with Crippen molar-refractivity contribution in [2.24, 2.45) is 0 Å². The number of carbonyl (C=O) groups excluding carboxylic acids is 8. The number of benzene rings is 2. The predicted molar refractivity (Wildman–Crippen MR) is 183 cm³/mol. The van der Waals surface area contributed by atoms with E-state index in [1.165, 1.54) is 14.1 Å². The van der Waals surface area contributed by atoms with Crippen LogP contribution in [0.25, 0.3) is 0 Å². The van der Waals surface area contributed by atoms with Crippen LogP contribution in [0.15, 0.2) is 48.5 Å². The molecule has 0 aliphatic carbocycles. The summed E-state index contributed by atoms with van der Waals surface area (Å²) in [6.07, 6.45) is -2.70. The van der Waals surface area contributed by atoms with Crippen LogP contribution < -0.4 is 10.6 Å². The molecule has 0 bridgehead atoms. The van der Waals surface area contributed by atoms with Crippen LogP contribution in [0.2, 0.25) is 0 Å². The van der Waals surface area contributed by atoms with Crippen molar-refractivity contribution >= 4 is 58.5 Å². The zero-order valence-corrected chi connectivity index (χ0v) is 29.4. The number of nitrogens with zero attached hydrogens (tertiary/aromatic N) is 2. The van der Waals surface area contributed by atoms with E-state index in [2.05, 4.69) is 22.5 Å². The lowest BCUT2D eigenvalue weighted by molar-refractivity contribution is -0.149. The van der Waals surface area contributed by atoms with E-state index in [4.69, 9.17) is 9.47 Å². The molecule has 50 heavy (non-hydrogen) atoms. The fourth-order valence-corrected chi connectivity index (χ4v) is 4.06. The molecule has 266 valence electrons. The number of rotatable bonds is 12. The average Bonchev–Trinajstić information content (AvgIpc) is 2.99. The number of carbonyl (C=O) groups is 8. The molecule has 14 heteroatoms. The van der Waals surface area contributed by atoms with Crippen molar-refractivity contribution < 1.29 is 47.8 Å². The minimum atomic E-state index is -1.32. The maximum absolute atomic E-state index is 12.6. The minimum Gasteiger partial charge on any atom is -0.444 e. The number of ether oxygens (including phenoxy) is 2. The van der Waals surface area contributed by atoms with E-state index in [0.717, 1.165) is 9.80 Å². The highest BCUT2D eigenvalue weighted by Gasteiger charge is 2.27. The Labute approximate surface area is 290 Å². The van der Waals surface area contributed by atoms with Gasteiger partial charge in [0.25, 0.3) is 23.4 Å². The summed E-state index contributed by atoms with van der Waals surface area (Å²) >= 11 is 0. The molecule has 4 amide bonds. The number of amides is 4. The van der Waals surface area contributed by atoms with Gasteiger partial charge in [0.2, 0.25) is 11.6 Å². The van der Waals surface area contributed by atoms with E-state index in [-0.39, 0.29) is 13.1 Å². The summed E-state index contributed by atoms with van der Waals surface area (Å²) < 4.78 is 10.4. The second-order valence-electron chi connectivity index (χ2n) is 13.2. The summed E-state index contributed by atoms with van der Waals surface area (Å²) in [5, 5.41) is 5.15. The highest BCUT2D eigenvalue weighted by Crippen LogP contribution is 2.16. The Morgan fingerprint density at radius 2 is 0.940 bits per heavy atom. The molecule has 0 atom stereocenters. The second-order valence-corrected chi connectivity index (χ2v) is 13.2. The molecule has 0 saturated carbocycles. The number of likely N-dealkylation sites (N-methyl/N-ethyl adjacent to an activating group) is 2. The van der Waals surface area contributed by atoms with Crippen molar-refractivity contribution in [1.82, 2.24) is 9.80 Å². The molecule has 0 radical (unpaired) electrons. The van der Waals surface area contributed by atoms with Gasteiger partial charge in [0.15, 0.2) is 0 Å². The van der Waals surface area contributed by atoms with Gasteiger partial charge in [-0.15, -0.1) is 0 Å². The van der Waals surface area contributed by atoms with Crippen molar-refractivity contribution in [3.63, 3.8) is 0 Å². The van der Waals surface area contributed by atoms with Crippen LogP contribution in [0.3, 0.4) is 0 Å². The van der Waals surface area contributed by atoms with Crippen LogP contribution in [0.1, 0.15) is 65.5 Å². The molecule has 0 unspecified atom stereocenters. The molecule has 0 fully saturated rings. The van der Waals surface area contributed by atoms with Gasteiger partial charge in [-0.25, -0.2) is 9.59 Å². The molecule has 2 aromatic carbocycles. The number of ketones is 4. The molecular weight excluding hydrogens is 648 g/mol. The molecule has 0 aliphatic heterocycles. The number of hydrogen-bond donors (Lipinski definition) is 2. The third kappa shape index (κ3) is 14.1. The fraction of sp³-hybridized carbons (Fsp3) is 0.389. The lowest BCUT2D eigenvalue weighted by Crippen LogP contribution is -2.37. The van der Waals surface area contributed by atoms with Gasteiger partial charge in [0.1, 0.15) is 11.2 Å². The van der Waals surface area contributed by atoms with Crippen molar-refractivity contribution in [3.8, 4) is 11.8 Å². The Balaban J connectivity index is 1.87. The predicted octanol–water partition coefficient (Wildman–Crippen LogP) is 4.06. The molecule has 0 heterocycles. The Morgan fingerprint density at radius 1 is 0.600 bits per heavy atom. The number of nitrogens with one attached hydrogen (secondary N) is 2. The highest BCUT2D eigenvalue weighted by atomic mass is 16.6. The highest BCUT2D eigenvalue weighted by molar-refractivity contribution is 6.64. The van der Waals surface area contributed by atoms with Crippen LogP contribution in [0, 0.1) is 11.8 Å². The maximum Gasteiger partial charge on any atom is 0.412 e. The molecule has 0 spiro atoms. The summed E-state index contributed by atoms with van der Waals surface area (Å²) in [4.78, 5) is 101. The van der Waals surface area contributed by atoms with Crippen molar-refractivity contribution in [2.75, 3.05) is 24.7 Å². The Bertz CT molecular complexity index is 1600. The molecule has 2 rings (SSSR count). The first kappa shape index (κ1) is 40.3. The largest absolute Gasteiger partial charge is 0.444 e. The second kappa shape index (κ2) is 17.5. The lowest BCUT2D eigenvalue weighted by atomic mass is 10.1. The molecule has 2 N–H and O–H groups in total. The van der Waals surface area contributed by atoms with Crippen molar-refractivity contribution in [1.29, 1.82) is 0 Å². The molecule has 0 aliphatic rings. The van der Waals surface area contributed by atoms with E-state index in [1.807, 2.05) is 0 Å². The third-order valence-electron chi connectivity index (χ3n) is 6.20. The number of Topliss-reactive ketones (excluding diaryl/α,β-unsaturated/α-hetero) is 4. The summed E-state index contributed by atoms with van der Waals surface area (Å²) in [7, 11) is 2.65. The quantitative estimate of drug-likeness (QED) is 0.187. The molecule has 0 aromatic heterocycles. The third-order valence-corrected chi connectivity index (χ3v) is 6.20. The van der Waals surface area contributed by atoms with Crippen molar-refractivity contribution in [3.05, 3.63) is 59.7 Å². The molecule has 0 saturated heterocycles. The van der Waals surface area contributed by atoms with Crippen molar-refractivity contribution in [2.45, 2.75) is 78.7 Å². The van der Waals surface area contributed by atoms with E-state index < -0.39 is 71.2 Å². The number of hydrogen-bond acceptors (Lipinski definition) is 10. The van der Waals surface area contributed by atoms with Gasteiger partial charge in [-0.05, 0) is 76.9 Å². The summed E-state index contributed by atoms with van der Waals surface area (Å²) in [6.45, 7) is 10.2. The van der Waals surface area contributed by atoms with E-state index >= 15 is 0 Å². The van der Waals surface area contributed by atoms with E-state index in [9.17, 15) is 38.4 Å². The van der Waals surface area contributed by atoms with Gasteiger partial charge in [-0.1, -0.05) is 36.1 Å². The SMILES string of the molecule is CN(Cc1cccc(NC(=O)OC(C)(C)C)c1)C(=O)C(=O)C(=O)CC#CCC(=O)C(=O)C(=O)N(C)Cc1cccc(NC(=O)OC(C)(C)C)c1. The van der Waals surface area contributed by atoms with Crippen LogP contribution in [-0.2, 0) is 51.3 Å². The summed E-state index contributed by atoms with van der Waals surface area (Å²) in [5.74, 6) is -2.47. The van der Waals surface area contributed by atoms with Crippen LogP contribution in [-0.4, -0.2) is 82.2 Å². The zero-order valence-electron chi connectivity index (χ0n) is 29.4. The van der Waals surface area contributed by atoms with Gasteiger partial charge in [0, 0.05) is 38.6 Å². The minimum absolute atomic E-state index is 0.0547. The molecule has 14 nitrogen and oxygen atoms in total. The fourth-order valence-electron chi connectivity index (χ4n) is 4.06. The van der Waals surface area contributed by atoms with Crippen LogP contribution in [0.4, 0.5) is 21.0 Å². The smallest absolute Gasteiger partial charge is 0.412 e. The summed E-state index contributed by atoms with van der Waals surface area (Å²) in [6, 6.07) is 13.0. The lowest BCUT2D eigenvalue weighted by Gasteiger charge is -2.20. The topological polar surface area (TPSA) is 186 Å².